The van der Waals surface area contributed by atoms with Gasteiger partial charge in [0.05, 0.1) is 38.8 Å². The van der Waals surface area contributed by atoms with Gasteiger partial charge in [-0.2, -0.15) is 4.31 Å². The second-order valence-electron chi connectivity index (χ2n) is 8.24. The summed E-state index contributed by atoms with van der Waals surface area (Å²) in [6.07, 6.45) is 6.72. The second kappa shape index (κ2) is 15.4. The molecule has 1 atom stereocenters. The first-order valence-electron chi connectivity index (χ1n) is 11.4. The zero-order valence-electron chi connectivity index (χ0n) is 21.9. The van der Waals surface area contributed by atoms with E-state index in [9.17, 15) is 13.2 Å². The van der Waals surface area contributed by atoms with Crippen LogP contribution in [0.4, 0.5) is 0 Å². The Bertz CT molecular complexity index is 991. The minimum atomic E-state index is -3.30. The summed E-state index contributed by atoms with van der Waals surface area (Å²) in [5.41, 5.74) is 1.54. The summed E-state index contributed by atoms with van der Waals surface area (Å²) in [6, 6.07) is 0. The van der Waals surface area contributed by atoms with Gasteiger partial charge in [-0.3, -0.25) is 9.79 Å². The van der Waals surface area contributed by atoms with Crippen molar-refractivity contribution in [2.45, 2.75) is 25.9 Å². The highest BCUT2D eigenvalue weighted by Gasteiger charge is 2.28. The van der Waals surface area contributed by atoms with Crippen LogP contribution in [-0.4, -0.2) is 96.7 Å². The van der Waals surface area contributed by atoms with Gasteiger partial charge in [-0.05, 0) is 25.8 Å². The van der Waals surface area contributed by atoms with Gasteiger partial charge in [0, 0.05) is 45.7 Å². The van der Waals surface area contributed by atoms with Crippen LogP contribution in [0.3, 0.4) is 0 Å². The number of amides is 1. The number of nitrogens with one attached hydrogen (secondary N) is 3. The summed E-state index contributed by atoms with van der Waals surface area (Å²) in [5, 5.41) is 9.32. The first-order chi connectivity index (χ1) is 16.9. The van der Waals surface area contributed by atoms with Gasteiger partial charge in [-0.1, -0.05) is 18.2 Å². The Balaban J connectivity index is 2.94. The Kier molecular flexibility index (Phi) is 13.4. The molecule has 1 aliphatic rings. The minimum Gasteiger partial charge on any atom is -0.495 e. The van der Waals surface area contributed by atoms with Crippen molar-refractivity contribution in [1.82, 2.24) is 25.2 Å². The molecule has 0 aliphatic carbocycles. The Labute approximate surface area is 220 Å². The number of piperidine rings is 1. The number of hydrogen-bond donors (Lipinski definition) is 3. The Hall–Kier alpha value is -2.70. The molecule has 0 spiro atoms. The van der Waals surface area contributed by atoms with Crippen LogP contribution in [0.25, 0.3) is 0 Å². The van der Waals surface area contributed by atoms with Gasteiger partial charge >= 0.3 is 0 Å². The van der Waals surface area contributed by atoms with E-state index in [1.165, 1.54) is 22.9 Å². The smallest absolute Gasteiger partial charge is 0.243 e. The van der Waals surface area contributed by atoms with Gasteiger partial charge in [0.15, 0.2) is 0 Å². The normalized spacial score (nSPS) is 18.6. The van der Waals surface area contributed by atoms with Crippen molar-refractivity contribution in [2.24, 2.45) is 4.99 Å². The Morgan fingerprint density at radius 3 is 2.56 bits per heavy atom. The van der Waals surface area contributed by atoms with Crippen LogP contribution >= 0.6 is 11.6 Å². The molecule has 1 saturated heterocycles. The van der Waals surface area contributed by atoms with Crippen molar-refractivity contribution in [1.29, 1.82) is 0 Å². The number of halogens is 1. The predicted octanol–water partition coefficient (Wildman–Crippen LogP) is 1.30. The maximum Gasteiger partial charge on any atom is 0.243 e. The fourth-order valence-electron chi connectivity index (χ4n) is 3.23. The van der Waals surface area contributed by atoms with Gasteiger partial charge < -0.3 is 30.3 Å². The molecule has 1 heterocycles. The van der Waals surface area contributed by atoms with E-state index in [2.05, 4.69) is 27.5 Å². The number of carbonyl (C=O) groups excluding carboxylic acids is 1. The van der Waals surface area contributed by atoms with E-state index < -0.39 is 10.0 Å². The first kappa shape index (κ1) is 31.3. The molecule has 1 aliphatic heterocycles. The molecular formula is C23H39ClN6O5S. The minimum absolute atomic E-state index is 0.239. The number of sulfonamides is 1. The quantitative estimate of drug-likeness (QED) is 0.0979. The van der Waals surface area contributed by atoms with E-state index in [0.717, 1.165) is 11.4 Å². The summed E-state index contributed by atoms with van der Waals surface area (Å²) < 4.78 is 36.9. The molecule has 3 N–H and O–H groups in total. The van der Waals surface area contributed by atoms with E-state index in [4.69, 9.17) is 21.1 Å². The van der Waals surface area contributed by atoms with Gasteiger partial charge in [0.25, 0.3) is 0 Å². The number of nitrogens with zero attached hydrogens (tertiary/aromatic N) is 3. The van der Waals surface area contributed by atoms with E-state index in [0.29, 0.717) is 37.6 Å². The summed E-state index contributed by atoms with van der Waals surface area (Å²) >= 11 is 6.36. The van der Waals surface area contributed by atoms with Crippen LogP contribution in [0, 0.1) is 0 Å². The van der Waals surface area contributed by atoms with Gasteiger partial charge in [0.2, 0.25) is 21.8 Å². The van der Waals surface area contributed by atoms with Gasteiger partial charge in [-0.15, -0.1) is 0 Å². The van der Waals surface area contributed by atoms with Crippen molar-refractivity contribution in [3.8, 4) is 0 Å². The molecule has 0 aromatic heterocycles. The average molecular weight is 547 g/mol. The maximum absolute atomic E-state index is 11.9. The number of aliphatic imine (C=N–C) groups is 1. The molecule has 13 heteroatoms. The lowest BCUT2D eigenvalue weighted by atomic mass is 10.1. The van der Waals surface area contributed by atoms with E-state index in [-0.39, 0.29) is 30.3 Å². The molecule has 0 unspecified atom stereocenters. The third-order valence-corrected chi connectivity index (χ3v) is 6.79. The zero-order valence-corrected chi connectivity index (χ0v) is 23.5. The number of hydrogen-bond acceptors (Lipinski definition) is 9. The lowest BCUT2D eigenvalue weighted by Crippen LogP contribution is -2.43. The number of carbonyl (C=O) groups is 1. The third kappa shape index (κ3) is 10.9. The fraction of sp³-hybridized carbons (Fsp3) is 0.565. The fourth-order valence-corrected chi connectivity index (χ4v) is 4.33. The molecule has 1 fully saturated rings. The molecule has 1 amide bonds. The Morgan fingerprint density at radius 2 is 2.00 bits per heavy atom. The van der Waals surface area contributed by atoms with Crippen LogP contribution in [0.1, 0.15) is 19.8 Å². The average Bonchev–Trinajstić information content (AvgIpc) is 2.82. The number of ether oxygens (including phenoxy) is 2. The summed E-state index contributed by atoms with van der Waals surface area (Å²) in [5.74, 6) is 0.588. The number of rotatable bonds is 14. The first-order valence-corrected chi connectivity index (χ1v) is 13.6. The van der Waals surface area contributed by atoms with Crippen molar-refractivity contribution in [3.63, 3.8) is 0 Å². The topological polar surface area (TPSA) is 125 Å². The summed E-state index contributed by atoms with van der Waals surface area (Å²) in [7, 11) is 3.58. The van der Waals surface area contributed by atoms with Crippen LogP contribution in [0.2, 0.25) is 0 Å². The number of likely N-dealkylation sites (N-methyl/N-ethyl adjacent to an activating group) is 1. The second-order valence-corrected chi connectivity index (χ2v) is 10.6. The molecule has 0 radical (unpaired) electrons. The SMILES string of the molecule is C=CC(=O)NC/C(=C\C(OC)=C(/C)NCNC(O[C@@H]1CCCN(S(C)(=O)=O)C1)=C(Cl)C=NC)N(C)C. The van der Waals surface area contributed by atoms with Crippen molar-refractivity contribution >= 4 is 33.7 Å². The zero-order chi connectivity index (χ0) is 27.3. The van der Waals surface area contributed by atoms with Gasteiger partial charge in [0.1, 0.15) is 16.9 Å². The van der Waals surface area contributed by atoms with E-state index >= 15 is 0 Å². The molecule has 11 nitrogen and oxygen atoms in total. The molecule has 0 saturated carbocycles. The van der Waals surface area contributed by atoms with Crippen LogP contribution < -0.4 is 16.0 Å². The molecule has 204 valence electrons. The molecule has 0 aromatic rings. The highest BCUT2D eigenvalue weighted by atomic mass is 35.5. The van der Waals surface area contributed by atoms with Crippen molar-refractivity contribution < 1.29 is 22.7 Å². The molecule has 36 heavy (non-hydrogen) atoms. The Morgan fingerprint density at radius 1 is 1.31 bits per heavy atom. The van der Waals surface area contributed by atoms with Crippen molar-refractivity contribution in [2.75, 3.05) is 60.8 Å². The van der Waals surface area contributed by atoms with Gasteiger partial charge in [-0.25, -0.2) is 8.42 Å². The van der Waals surface area contributed by atoms with Crippen LogP contribution in [-0.2, 0) is 24.3 Å². The lowest BCUT2D eigenvalue weighted by molar-refractivity contribution is -0.116. The standard InChI is InChI=1S/C23H39ClN6O5S/c1-8-22(31)26-13-18(29(4)5)12-21(34-6)17(2)27-16-28-23(20(24)14-25-3)35-19-10-9-11-30(15-19)36(7,32)33/h8,12,14,19,27-28H,1,9-11,13,15-16H2,2-7H3,(H,26,31)/b18-12+,21-17-,23-20?,25-14?/t19-/m1/s1. The summed E-state index contributed by atoms with van der Waals surface area (Å²) in [6.45, 7) is 6.56. The van der Waals surface area contributed by atoms with Crippen LogP contribution in [0.5, 0.6) is 0 Å². The van der Waals surface area contributed by atoms with Crippen molar-refractivity contribution in [3.05, 3.63) is 46.8 Å². The van der Waals surface area contributed by atoms with Crippen LogP contribution in [0.15, 0.2) is 51.8 Å². The predicted molar refractivity (Wildman–Crippen MR) is 144 cm³/mol. The molecule has 0 aromatic carbocycles. The third-order valence-electron chi connectivity index (χ3n) is 5.25. The lowest BCUT2D eigenvalue weighted by Gasteiger charge is -2.32. The highest BCUT2D eigenvalue weighted by Crippen LogP contribution is 2.19. The molecule has 0 bridgehead atoms. The number of allylic oxidation sites excluding steroid dienone is 3. The monoisotopic (exact) mass is 546 g/mol. The molecule has 1 rings (SSSR count). The summed E-state index contributed by atoms with van der Waals surface area (Å²) in [4.78, 5) is 17.3. The largest absolute Gasteiger partial charge is 0.495 e. The molecular weight excluding hydrogens is 508 g/mol. The highest BCUT2D eigenvalue weighted by molar-refractivity contribution is 7.88. The van der Waals surface area contributed by atoms with E-state index in [1.54, 1.807) is 14.2 Å². The van der Waals surface area contributed by atoms with E-state index in [1.807, 2.05) is 32.0 Å². The number of methoxy groups -OCH3 is 1. The maximum atomic E-state index is 11.9.